The number of nitrogens with zero attached hydrogens (tertiary/aromatic N) is 5. The Hall–Kier alpha value is -7.89. The Labute approximate surface area is 336 Å². The molecule has 1 aliphatic heterocycles. The molecule has 5 nitrogen and oxygen atoms in total. The Kier molecular flexibility index (Phi) is 8.07. The van der Waals surface area contributed by atoms with Gasteiger partial charge in [0.2, 0.25) is 0 Å². The minimum Gasteiger partial charge on any atom is -0.309 e. The number of hydrogen-bond donors (Lipinski definition) is 0. The van der Waals surface area contributed by atoms with Gasteiger partial charge in [0, 0.05) is 44.4 Å². The maximum atomic E-state index is 5.16. The van der Waals surface area contributed by atoms with E-state index in [1.165, 1.54) is 16.3 Å². The van der Waals surface area contributed by atoms with Crippen LogP contribution >= 0.6 is 0 Å². The van der Waals surface area contributed by atoms with E-state index < -0.39 is 0 Å². The molecule has 0 N–H and O–H groups in total. The van der Waals surface area contributed by atoms with E-state index in [-0.39, 0.29) is 0 Å². The molecule has 0 radical (unpaired) electrons. The summed E-state index contributed by atoms with van der Waals surface area (Å²) in [5.74, 6) is 1.87. The van der Waals surface area contributed by atoms with Gasteiger partial charge >= 0.3 is 0 Å². The molecule has 8 aromatic carbocycles. The zero-order valence-electron chi connectivity index (χ0n) is 31.4. The maximum Gasteiger partial charge on any atom is 0.164 e. The van der Waals surface area contributed by atoms with E-state index in [1.807, 2.05) is 36.4 Å². The average Bonchev–Trinajstić information content (AvgIpc) is 3.53. The average molecular weight is 742 g/mol. The summed E-state index contributed by atoms with van der Waals surface area (Å²) in [5.41, 5.74) is 14.0. The third kappa shape index (κ3) is 5.85. The lowest BCUT2D eigenvalue weighted by Gasteiger charge is -2.27. The molecule has 58 heavy (non-hydrogen) atoms. The van der Waals surface area contributed by atoms with Gasteiger partial charge in [0.1, 0.15) is 0 Å². The fourth-order valence-electron chi connectivity index (χ4n) is 8.22. The fourth-order valence-corrected chi connectivity index (χ4v) is 8.22. The van der Waals surface area contributed by atoms with Crippen molar-refractivity contribution in [3.05, 3.63) is 211 Å². The number of para-hydroxylation sites is 3. The predicted molar refractivity (Wildman–Crippen MR) is 240 cm³/mol. The van der Waals surface area contributed by atoms with Crippen molar-refractivity contribution in [3.8, 4) is 51.0 Å². The second kappa shape index (κ2) is 14.0. The lowest BCUT2D eigenvalue weighted by molar-refractivity contribution is 1.07. The zero-order chi connectivity index (χ0) is 38.4. The molecule has 1 aliphatic rings. The van der Waals surface area contributed by atoms with E-state index in [0.717, 1.165) is 67.2 Å². The summed E-state index contributed by atoms with van der Waals surface area (Å²) >= 11 is 0. The van der Waals surface area contributed by atoms with Crippen molar-refractivity contribution in [2.24, 2.45) is 0 Å². The number of fused-ring (bicyclic) bond motifs is 5. The van der Waals surface area contributed by atoms with Crippen LogP contribution in [0.3, 0.4) is 0 Å². The minimum atomic E-state index is 0.615. The summed E-state index contributed by atoms with van der Waals surface area (Å²) in [6.45, 7) is 0. The molecule has 2 aromatic heterocycles. The molecule has 0 saturated heterocycles. The number of hydrogen-bond acceptors (Lipinski definition) is 4. The van der Waals surface area contributed by atoms with Crippen molar-refractivity contribution in [2.45, 2.75) is 0 Å². The molecule has 10 aromatic rings. The number of aromatic nitrogens is 4. The van der Waals surface area contributed by atoms with Crippen LogP contribution in [0.5, 0.6) is 0 Å². The van der Waals surface area contributed by atoms with Crippen molar-refractivity contribution in [2.75, 3.05) is 4.90 Å². The first-order chi connectivity index (χ1) is 28.7. The lowest BCUT2D eigenvalue weighted by Crippen LogP contribution is -2.11. The van der Waals surface area contributed by atoms with Crippen LogP contribution in [0.15, 0.2) is 200 Å². The van der Waals surface area contributed by atoms with E-state index in [0.29, 0.717) is 17.5 Å². The van der Waals surface area contributed by atoms with E-state index in [2.05, 4.69) is 185 Å². The highest BCUT2D eigenvalue weighted by atomic mass is 15.1. The van der Waals surface area contributed by atoms with Crippen LogP contribution in [-0.2, 0) is 0 Å². The summed E-state index contributed by atoms with van der Waals surface area (Å²) in [6.07, 6.45) is 4.48. The first-order valence-electron chi connectivity index (χ1n) is 19.5. The van der Waals surface area contributed by atoms with E-state index in [1.54, 1.807) is 0 Å². The van der Waals surface area contributed by atoms with E-state index >= 15 is 0 Å². The molecular formula is C53H35N5. The monoisotopic (exact) mass is 741 g/mol. The Morgan fingerprint density at radius 3 is 1.64 bits per heavy atom. The number of rotatable bonds is 6. The fraction of sp³-hybridized carbons (Fsp3) is 0. The molecule has 0 saturated carbocycles. The highest BCUT2D eigenvalue weighted by Gasteiger charge is 2.23. The Morgan fingerprint density at radius 2 is 0.862 bits per heavy atom. The van der Waals surface area contributed by atoms with Crippen molar-refractivity contribution in [1.29, 1.82) is 0 Å². The Balaban J connectivity index is 1.09. The van der Waals surface area contributed by atoms with Crippen LogP contribution in [0.4, 0.5) is 17.1 Å². The van der Waals surface area contributed by atoms with Gasteiger partial charge in [-0.3, -0.25) is 0 Å². The second-order valence-corrected chi connectivity index (χ2v) is 14.5. The molecule has 0 spiro atoms. The van der Waals surface area contributed by atoms with Gasteiger partial charge in [-0.05, 0) is 71.3 Å². The molecule has 0 bridgehead atoms. The van der Waals surface area contributed by atoms with Gasteiger partial charge in [0.25, 0.3) is 0 Å². The standard InChI is InChI=1S/C53H35N5/c1-4-16-36(17-5-1)39-21-14-22-41(32-39)52-54-51(38-19-6-2-7-20-38)55-53(56-52)42-23-15-26-44(33-42)58-48-29-13-11-27-45(48)46-35-49-40(34-50(46)58)31-30-37-18-10-12-28-47(37)57(49)43-24-8-3-9-25-43/h1-35H. The first kappa shape index (κ1) is 33.4. The predicted octanol–water partition coefficient (Wildman–Crippen LogP) is 13.6. The van der Waals surface area contributed by atoms with Gasteiger partial charge in [0.15, 0.2) is 17.5 Å². The van der Waals surface area contributed by atoms with Crippen LogP contribution < -0.4 is 4.90 Å². The third-order valence-corrected chi connectivity index (χ3v) is 11.0. The Morgan fingerprint density at radius 1 is 0.310 bits per heavy atom. The summed E-state index contributed by atoms with van der Waals surface area (Å²) in [6, 6.07) is 70.2. The smallest absolute Gasteiger partial charge is 0.164 e. The highest BCUT2D eigenvalue weighted by Crippen LogP contribution is 2.45. The summed E-state index contributed by atoms with van der Waals surface area (Å²) < 4.78 is 2.37. The van der Waals surface area contributed by atoms with Crippen LogP contribution in [-0.4, -0.2) is 19.5 Å². The third-order valence-electron chi connectivity index (χ3n) is 11.0. The lowest BCUT2D eigenvalue weighted by atomic mass is 10.0. The quantitative estimate of drug-likeness (QED) is 0.170. The van der Waals surface area contributed by atoms with Gasteiger partial charge < -0.3 is 9.47 Å². The van der Waals surface area contributed by atoms with Crippen molar-refractivity contribution < 1.29 is 0 Å². The van der Waals surface area contributed by atoms with Gasteiger partial charge in [-0.2, -0.15) is 0 Å². The van der Waals surface area contributed by atoms with Crippen LogP contribution in [0.1, 0.15) is 11.1 Å². The Bertz CT molecular complexity index is 3170. The molecule has 0 aliphatic carbocycles. The SMILES string of the molecule is C1=Cc2cc3c(cc2N(c2ccccc2)c2ccccc21)c1ccccc1n3-c1cccc(-c2nc(-c3ccccc3)nc(-c3cccc(-c4ccccc4)c3)n2)c1. The molecule has 0 amide bonds. The van der Waals surface area contributed by atoms with Crippen LogP contribution in [0, 0.1) is 0 Å². The van der Waals surface area contributed by atoms with Crippen molar-refractivity contribution in [3.63, 3.8) is 0 Å². The molecule has 272 valence electrons. The molecule has 5 heteroatoms. The molecule has 11 rings (SSSR count). The summed E-state index contributed by atoms with van der Waals surface area (Å²) in [5, 5.41) is 2.37. The van der Waals surface area contributed by atoms with E-state index in [4.69, 9.17) is 15.0 Å². The number of benzene rings is 8. The minimum absolute atomic E-state index is 0.615. The first-order valence-corrected chi connectivity index (χ1v) is 19.5. The summed E-state index contributed by atoms with van der Waals surface area (Å²) in [4.78, 5) is 17.7. The highest BCUT2D eigenvalue weighted by molar-refractivity contribution is 6.12. The van der Waals surface area contributed by atoms with Crippen LogP contribution in [0.25, 0.3) is 84.9 Å². The van der Waals surface area contributed by atoms with Gasteiger partial charge in [-0.1, -0.05) is 158 Å². The van der Waals surface area contributed by atoms with Gasteiger partial charge in [-0.25, -0.2) is 15.0 Å². The normalized spacial score (nSPS) is 12.0. The molecule has 0 unspecified atom stereocenters. The summed E-state index contributed by atoms with van der Waals surface area (Å²) in [7, 11) is 0. The van der Waals surface area contributed by atoms with Crippen molar-refractivity contribution >= 4 is 51.0 Å². The largest absolute Gasteiger partial charge is 0.309 e. The number of anilines is 3. The van der Waals surface area contributed by atoms with Crippen LogP contribution in [0.2, 0.25) is 0 Å². The van der Waals surface area contributed by atoms with E-state index in [9.17, 15) is 0 Å². The topological polar surface area (TPSA) is 46.8 Å². The molecule has 0 fully saturated rings. The maximum absolute atomic E-state index is 5.16. The van der Waals surface area contributed by atoms with Crippen molar-refractivity contribution in [1.82, 2.24) is 19.5 Å². The van der Waals surface area contributed by atoms with Gasteiger partial charge in [-0.15, -0.1) is 0 Å². The molecule has 3 heterocycles. The molecular weight excluding hydrogens is 707 g/mol. The second-order valence-electron chi connectivity index (χ2n) is 14.5. The zero-order valence-corrected chi connectivity index (χ0v) is 31.4. The molecule has 0 atom stereocenters. The van der Waals surface area contributed by atoms with Gasteiger partial charge in [0.05, 0.1) is 22.4 Å².